The van der Waals surface area contributed by atoms with Crippen molar-refractivity contribution >= 4 is 28.7 Å². The minimum atomic E-state index is -4.24. The number of halogens is 3. The van der Waals surface area contributed by atoms with E-state index in [4.69, 9.17) is 9.47 Å². The van der Waals surface area contributed by atoms with Gasteiger partial charge in [-0.15, -0.1) is 0 Å². The van der Waals surface area contributed by atoms with Gasteiger partial charge < -0.3 is 14.4 Å². The molecule has 1 aliphatic heterocycles. The van der Waals surface area contributed by atoms with Gasteiger partial charge in [0.1, 0.15) is 12.1 Å². The molecule has 142 valence electrons. The van der Waals surface area contributed by atoms with Crippen molar-refractivity contribution in [1.82, 2.24) is 14.7 Å². The first kappa shape index (κ1) is 18.8. The Bertz CT molecular complexity index is 769. The molecule has 1 N–H and O–H groups in total. The fraction of sp³-hybridized carbons (Fsp3) is 0.500. The normalized spacial score (nSPS) is 15.2. The summed E-state index contributed by atoms with van der Waals surface area (Å²) in [6.45, 7) is 1.82. The van der Waals surface area contributed by atoms with Gasteiger partial charge in [-0.05, 0) is 18.4 Å². The van der Waals surface area contributed by atoms with Crippen LogP contribution in [0.3, 0.4) is 0 Å². The predicted octanol–water partition coefficient (Wildman–Crippen LogP) is 3.23. The van der Waals surface area contributed by atoms with Crippen LogP contribution < -0.4 is 19.1 Å². The largest absolute Gasteiger partial charge is 0.493 e. The van der Waals surface area contributed by atoms with Crippen LogP contribution in [0, 0.1) is 5.92 Å². The monoisotopic (exact) mass is 388 g/mol. The Balaban J connectivity index is 1.63. The first-order valence-electron chi connectivity index (χ1n) is 8.00. The van der Waals surface area contributed by atoms with Crippen LogP contribution in [0.2, 0.25) is 0 Å². The number of anilines is 1. The van der Waals surface area contributed by atoms with Crippen LogP contribution >= 0.6 is 11.9 Å². The van der Waals surface area contributed by atoms with Gasteiger partial charge in [-0.2, -0.15) is 13.2 Å². The number of aromatic nitrogens is 2. The number of rotatable bonds is 7. The summed E-state index contributed by atoms with van der Waals surface area (Å²) in [5.74, 6) is 2.33. The Morgan fingerprint density at radius 1 is 1.19 bits per heavy atom. The second-order valence-electron chi connectivity index (χ2n) is 5.92. The second-order valence-corrected chi connectivity index (χ2v) is 6.88. The van der Waals surface area contributed by atoms with E-state index in [0.29, 0.717) is 30.4 Å². The lowest BCUT2D eigenvalue weighted by Gasteiger charge is -2.40. The van der Waals surface area contributed by atoms with Crippen LogP contribution in [-0.4, -0.2) is 49.3 Å². The molecule has 3 rings (SSSR count). The summed E-state index contributed by atoms with van der Waals surface area (Å²) in [7, 11) is 3.13. The molecule has 2 aromatic rings. The number of nitrogens with one attached hydrogen (secondary N) is 1. The van der Waals surface area contributed by atoms with Gasteiger partial charge >= 0.3 is 5.51 Å². The smallest absolute Gasteiger partial charge is 0.456 e. The highest BCUT2D eigenvalue weighted by Crippen LogP contribution is 2.36. The Hall–Kier alpha value is -1.94. The van der Waals surface area contributed by atoms with Crippen LogP contribution in [-0.2, 0) is 0 Å². The molecule has 1 aromatic heterocycles. The highest BCUT2D eigenvalue weighted by molar-refractivity contribution is 7.98. The summed E-state index contributed by atoms with van der Waals surface area (Å²) >= 11 is -0.193. The van der Waals surface area contributed by atoms with Crippen LogP contribution in [0.5, 0.6) is 11.5 Å². The van der Waals surface area contributed by atoms with Gasteiger partial charge in [0.2, 0.25) is 0 Å². The van der Waals surface area contributed by atoms with Gasteiger partial charge in [0.05, 0.1) is 19.7 Å². The number of nitrogens with zero attached hydrogens (tertiary/aromatic N) is 3. The molecular weight excluding hydrogens is 369 g/mol. The molecule has 0 atom stereocenters. The Morgan fingerprint density at radius 2 is 1.88 bits per heavy atom. The van der Waals surface area contributed by atoms with Crippen LogP contribution in [0.1, 0.15) is 6.42 Å². The highest BCUT2D eigenvalue weighted by atomic mass is 32.2. The van der Waals surface area contributed by atoms with Crippen molar-refractivity contribution in [2.24, 2.45) is 5.92 Å². The Labute approximate surface area is 153 Å². The number of fused-ring (bicyclic) bond motifs is 1. The predicted molar refractivity (Wildman–Crippen MR) is 94.6 cm³/mol. The zero-order valence-corrected chi connectivity index (χ0v) is 15.2. The molecule has 6 nitrogen and oxygen atoms in total. The fourth-order valence-electron chi connectivity index (χ4n) is 2.94. The number of ether oxygens (including phenoxy) is 2. The Morgan fingerprint density at radius 3 is 2.54 bits per heavy atom. The van der Waals surface area contributed by atoms with E-state index in [1.54, 1.807) is 20.3 Å². The van der Waals surface area contributed by atoms with Crippen molar-refractivity contribution in [3.8, 4) is 11.5 Å². The molecule has 0 unspecified atom stereocenters. The average Bonchev–Trinajstić information content (AvgIpc) is 2.57. The van der Waals surface area contributed by atoms with Gasteiger partial charge in [0.15, 0.2) is 11.5 Å². The van der Waals surface area contributed by atoms with Crippen LogP contribution in [0.15, 0.2) is 18.5 Å². The number of hydrogen-bond donors (Lipinski definition) is 1. The fourth-order valence-corrected chi connectivity index (χ4v) is 3.33. The van der Waals surface area contributed by atoms with Crippen molar-refractivity contribution < 1.29 is 22.6 Å². The third kappa shape index (κ3) is 4.24. The summed E-state index contributed by atoms with van der Waals surface area (Å²) in [6, 6.07) is 3.65. The third-order valence-electron chi connectivity index (χ3n) is 4.22. The lowest BCUT2D eigenvalue weighted by Crippen LogP contribution is -2.48. The first-order valence-corrected chi connectivity index (χ1v) is 8.82. The van der Waals surface area contributed by atoms with E-state index in [1.807, 2.05) is 6.07 Å². The second kappa shape index (κ2) is 7.75. The average molecular weight is 388 g/mol. The molecule has 1 aromatic carbocycles. The number of methoxy groups -OCH3 is 2. The molecule has 26 heavy (non-hydrogen) atoms. The summed E-state index contributed by atoms with van der Waals surface area (Å²) in [5.41, 5.74) is -3.50. The summed E-state index contributed by atoms with van der Waals surface area (Å²) in [5, 5.41) is 0.856. The van der Waals surface area contributed by atoms with E-state index in [1.165, 1.54) is 6.33 Å². The van der Waals surface area contributed by atoms with Gasteiger partial charge in [0, 0.05) is 43.0 Å². The van der Waals surface area contributed by atoms with E-state index < -0.39 is 5.51 Å². The molecule has 0 aliphatic carbocycles. The quantitative estimate of drug-likeness (QED) is 0.577. The number of benzene rings is 1. The van der Waals surface area contributed by atoms with Gasteiger partial charge in [-0.3, -0.25) is 4.72 Å². The van der Waals surface area contributed by atoms with E-state index in [0.717, 1.165) is 29.8 Å². The molecule has 1 saturated heterocycles. The highest BCUT2D eigenvalue weighted by Gasteiger charge is 2.31. The minimum Gasteiger partial charge on any atom is -0.493 e. The number of alkyl halides is 3. The summed E-state index contributed by atoms with van der Waals surface area (Å²) < 4.78 is 49.2. The lowest BCUT2D eigenvalue weighted by molar-refractivity contribution is -0.0336. The van der Waals surface area contributed by atoms with E-state index in [2.05, 4.69) is 19.6 Å². The maximum Gasteiger partial charge on any atom is 0.456 e. The van der Waals surface area contributed by atoms with Gasteiger partial charge in [0.25, 0.3) is 0 Å². The van der Waals surface area contributed by atoms with Crippen molar-refractivity contribution in [3.05, 3.63) is 18.5 Å². The standard InChI is InChI=1S/C16H19F3N4O2S/c1-24-13-5-11-12(6-14(13)25-2)20-9-21-15(11)23-7-10(8-23)3-4-22-26-16(17,18)19/h5-6,9-10,22H,3-4,7-8H2,1-2H3. The summed E-state index contributed by atoms with van der Waals surface area (Å²) in [6.07, 6.45) is 2.18. The zero-order valence-electron chi connectivity index (χ0n) is 14.3. The van der Waals surface area contributed by atoms with Crippen molar-refractivity contribution in [3.63, 3.8) is 0 Å². The first-order chi connectivity index (χ1) is 12.4. The van der Waals surface area contributed by atoms with Crippen LogP contribution in [0.25, 0.3) is 10.9 Å². The zero-order chi connectivity index (χ0) is 18.7. The lowest BCUT2D eigenvalue weighted by atomic mass is 9.96. The van der Waals surface area contributed by atoms with Crippen molar-refractivity contribution in [2.75, 3.05) is 38.8 Å². The molecule has 0 radical (unpaired) electrons. The Kier molecular flexibility index (Phi) is 5.61. The molecule has 1 aliphatic rings. The van der Waals surface area contributed by atoms with E-state index in [-0.39, 0.29) is 11.9 Å². The molecule has 2 heterocycles. The molecule has 0 bridgehead atoms. The number of hydrogen-bond acceptors (Lipinski definition) is 7. The van der Waals surface area contributed by atoms with Gasteiger partial charge in [-0.1, -0.05) is 0 Å². The van der Waals surface area contributed by atoms with Crippen LogP contribution in [0.4, 0.5) is 19.0 Å². The molecule has 0 spiro atoms. The molecule has 0 amide bonds. The van der Waals surface area contributed by atoms with E-state index >= 15 is 0 Å². The SMILES string of the molecule is COc1cc2ncnc(N3CC(CCNSC(F)(F)F)C3)c2cc1OC. The topological polar surface area (TPSA) is 59.5 Å². The minimum absolute atomic E-state index is 0.193. The third-order valence-corrected chi connectivity index (χ3v) is 4.80. The maximum atomic E-state index is 12.1. The molecule has 10 heteroatoms. The van der Waals surface area contributed by atoms with Gasteiger partial charge in [-0.25, -0.2) is 9.97 Å². The van der Waals surface area contributed by atoms with Crippen molar-refractivity contribution in [1.29, 1.82) is 0 Å². The maximum absolute atomic E-state index is 12.1. The molecule has 1 fully saturated rings. The van der Waals surface area contributed by atoms with Crippen molar-refractivity contribution in [2.45, 2.75) is 11.9 Å². The van der Waals surface area contributed by atoms with E-state index in [9.17, 15) is 13.2 Å². The molecular formula is C16H19F3N4O2S. The summed E-state index contributed by atoms with van der Waals surface area (Å²) in [4.78, 5) is 10.7. The molecule has 0 saturated carbocycles.